The zero-order valence-electron chi connectivity index (χ0n) is 17.4. The number of esters is 1. The third-order valence-corrected chi connectivity index (χ3v) is 5.17. The summed E-state index contributed by atoms with van der Waals surface area (Å²) >= 11 is 0. The molecule has 158 valence electrons. The summed E-state index contributed by atoms with van der Waals surface area (Å²) in [5, 5.41) is 5.93. The van der Waals surface area contributed by atoms with Crippen molar-refractivity contribution in [2.75, 3.05) is 32.1 Å². The summed E-state index contributed by atoms with van der Waals surface area (Å²) in [6.07, 6.45) is 2.14. The summed E-state index contributed by atoms with van der Waals surface area (Å²) in [7, 11) is 1.34. The van der Waals surface area contributed by atoms with E-state index in [1.54, 1.807) is 18.2 Å². The number of benzene rings is 2. The Bertz CT molecular complexity index is 919. The van der Waals surface area contributed by atoms with Gasteiger partial charge in [0.25, 0.3) is 5.91 Å². The van der Waals surface area contributed by atoms with Crippen molar-refractivity contribution < 1.29 is 19.1 Å². The molecule has 2 aromatic carbocycles. The van der Waals surface area contributed by atoms with Gasteiger partial charge in [-0.1, -0.05) is 12.1 Å². The quantitative estimate of drug-likeness (QED) is 0.687. The number of hydrogen-bond acceptors (Lipinski definition) is 5. The van der Waals surface area contributed by atoms with Crippen LogP contribution >= 0.6 is 0 Å². The lowest BCUT2D eigenvalue weighted by molar-refractivity contribution is -0.119. The van der Waals surface area contributed by atoms with Gasteiger partial charge in [-0.3, -0.25) is 9.59 Å². The zero-order chi connectivity index (χ0) is 21.5. The van der Waals surface area contributed by atoms with Crippen molar-refractivity contribution in [3.05, 3.63) is 64.7 Å². The van der Waals surface area contributed by atoms with Crippen LogP contribution in [0.1, 0.15) is 44.7 Å². The first-order valence-corrected chi connectivity index (χ1v) is 10.1. The molecule has 1 aliphatic heterocycles. The normalized spacial score (nSPS) is 13.1. The molecule has 1 saturated heterocycles. The van der Waals surface area contributed by atoms with Crippen LogP contribution < -0.4 is 10.6 Å². The van der Waals surface area contributed by atoms with E-state index in [0.717, 1.165) is 42.7 Å². The lowest BCUT2D eigenvalue weighted by Crippen LogP contribution is -2.29. The van der Waals surface area contributed by atoms with E-state index in [2.05, 4.69) is 10.6 Å². The number of carbonyl (C=O) groups is 3. The molecule has 1 aliphatic rings. The second-order valence-corrected chi connectivity index (χ2v) is 7.35. The molecular formula is C23H27N3O4. The van der Waals surface area contributed by atoms with Crippen molar-refractivity contribution >= 4 is 23.5 Å². The fourth-order valence-corrected chi connectivity index (χ4v) is 3.41. The Morgan fingerprint density at radius 3 is 2.30 bits per heavy atom. The van der Waals surface area contributed by atoms with Crippen LogP contribution in [0.25, 0.3) is 0 Å². The highest BCUT2D eigenvalue weighted by Crippen LogP contribution is 2.17. The predicted molar refractivity (Wildman–Crippen MR) is 114 cm³/mol. The molecule has 2 amide bonds. The average Bonchev–Trinajstić information content (AvgIpc) is 3.31. The van der Waals surface area contributed by atoms with Gasteiger partial charge in [-0.2, -0.15) is 0 Å². The third kappa shape index (κ3) is 5.37. The van der Waals surface area contributed by atoms with Gasteiger partial charge in [0, 0.05) is 30.9 Å². The minimum Gasteiger partial charge on any atom is -0.465 e. The van der Waals surface area contributed by atoms with Crippen LogP contribution in [0.5, 0.6) is 0 Å². The van der Waals surface area contributed by atoms with Crippen LogP contribution in [0.2, 0.25) is 0 Å². The molecule has 2 aromatic rings. The van der Waals surface area contributed by atoms with E-state index in [1.165, 1.54) is 7.11 Å². The number of amides is 2. The number of likely N-dealkylation sites (tertiary alicyclic amines) is 1. The molecule has 3 rings (SSSR count). The van der Waals surface area contributed by atoms with Gasteiger partial charge in [-0.05, 0) is 61.2 Å². The summed E-state index contributed by atoms with van der Waals surface area (Å²) < 4.78 is 4.70. The number of ether oxygens (including phenoxy) is 1. The highest BCUT2D eigenvalue weighted by atomic mass is 16.5. The number of hydrogen-bond donors (Lipinski definition) is 2. The monoisotopic (exact) mass is 409 g/mol. The lowest BCUT2D eigenvalue weighted by Gasteiger charge is -2.15. The maximum absolute atomic E-state index is 12.4. The fourth-order valence-electron chi connectivity index (χ4n) is 3.41. The van der Waals surface area contributed by atoms with Gasteiger partial charge in [-0.25, -0.2) is 4.79 Å². The molecule has 2 N–H and O–H groups in total. The van der Waals surface area contributed by atoms with Crippen molar-refractivity contribution in [2.45, 2.75) is 26.3 Å². The van der Waals surface area contributed by atoms with Gasteiger partial charge >= 0.3 is 5.97 Å². The van der Waals surface area contributed by atoms with Gasteiger partial charge in [0.05, 0.1) is 19.2 Å². The molecule has 0 unspecified atom stereocenters. The second-order valence-electron chi connectivity index (χ2n) is 7.35. The zero-order valence-corrected chi connectivity index (χ0v) is 17.4. The van der Waals surface area contributed by atoms with Gasteiger partial charge < -0.3 is 20.3 Å². The minimum atomic E-state index is -0.393. The Morgan fingerprint density at radius 2 is 1.67 bits per heavy atom. The second kappa shape index (κ2) is 9.91. The molecule has 30 heavy (non-hydrogen) atoms. The van der Waals surface area contributed by atoms with E-state index >= 15 is 0 Å². The number of nitrogens with zero attached hydrogens (tertiary/aromatic N) is 1. The average molecular weight is 409 g/mol. The first-order chi connectivity index (χ1) is 14.5. The Kier molecular flexibility index (Phi) is 7.06. The molecule has 0 radical (unpaired) electrons. The number of carbonyl (C=O) groups excluding carboxylic acids is 3. The lowest BCUT2D eigenvalue weighted by atomic mass is 10.1. The van der Waals surface area contributed by atoms with Gasteiger partial charge in [0.2, 0.25) is 5.91 Å². The van der Waals surface area contributed by atoms with Gasteiger partial charge in [0.15, 0.2) is 0 Å². The van der Waals surface area contributed by atoms with E-state index in [9.17, 15) is 14.4 Å². The smallest absolute Gasteiger partial charge is 0.337 e. The first kappa shape index (κ1) is 21.4. The van der Waals surface area contributed by atoms with Gasteiger partial charge in [0.1, 0.15) is 0 Å². The molecule has 0 aromatic heterocycles. The predicted octanol–water partition coefficient (Wildman–Crippen LogP) is 2.75. The maximum atomic E-state index is 12.4. The van der Waals surface area contributed by atoms with E-state index in [-0.39, 0.29) is 18.4 Å². The minimum absolute atomic E-state index is 0.0703. The molecule has 1 fully saturated rings. The highest BCUT2D eigenvalue weighted by Gasteiger charge is 2.19. The first-order valence-electron chi connectivity index (χ1n) is 10.1. The highest BCUT2D eigenvalue weighted by molar-refractivity contribution is 5.94. The largest absolute Gasteiger partial charge is 0.465 e. The molecule has 0 aliphatic carbocycles. The summed E-state index contributed by atoms with van der Waals surface area (Å²) in [5.74, 6) is -0.472. The molecule has 7 heteroatoms. The van der Waals surface area contributed by atoms with Crippen molar-refractivity contribution in [3.63, 3.8) is 0 Å². The number of nitrogens with one attached hydrogen (secondary N) is 2. The molecule has 0 saturated carbocycles. The number of methoxy groups -OCH3 is 1. The molecule has 7 nitrogen and oxygen atoms in total. The van der Waals surface area contributed by atoms with Crippen LogP contribution in [0.15, 0.2) is 42.5 Å². The van der Waals surface area contributed by atoms with E-state index in [1.807, 2.05) is 36.1 Å². The Hall–Kier alpha value is -3.35. The summed E-state index contributed by atoms with van der Waals surface area (Å²) in [6.45, 7) is 4.02. The fraction of sp³-hybridized carbons (Fsp3) is 0.348. The van der Waals surface area contributed by atoms with E-state index in [4.69, 9.17) is 4.74 Å². The van der Waals surface area contributed by atoms with E-state index < -0.39 is 5.97 Å². The summed E-state index contributed by atoms with van der Waals surface area (Å²) in [6, 6.07) is 12.5. The van der Waals surface area contributed by atoms with Crippen molar-refractivity contribution in [1.29, 1.82) is 0 Å². The van der Waals surface area contributed by atoms with E-state index in [0.29, 0.717) is 17.7 Å². The van der Waals surface area contributed by atoms with Crippen LogP contribution in [0, 0.1) is 6.92 Å². The van der Waals surface area contributed by atoms with Gasteiger partial charge in [-0.15, -0.1) is 0 Å². The van der Waals surface area contributed by atoms with Crippen LogP contribution in [0.4, 0.5) is 5.69 Å². The SMILES string of the molecule is COC(=O)c1ccc(NCC(=O)NCc2ccc(C(=O)N3CCCC3)cc2)c(C)c1. The summed E-state index contributed by atoms with van der Waals surface area (Å²) in [4.78, 5) is 38.0. The van der Waals surface area contributed by atoms with Crippen molar-refractivity contribution in [2.24, 2.45) is 0 Å². The summed E-state index contributed by atoms with van der Waals surface area (Å²) in [5.41, 5.74) is 3.71. The van der Waals surface area contributed by atoms with Crippen LogP contribution in [-0.2, 0) is 16.1 Å². The topological polar surface area (TPSA) is 87.7 Å². The molecule has 1 heterocycles. The standard InChI is InChI=1S/C23H27N3O4/c1-16-13-19(23(29)30-2)9-10-20(16)24-15-21(27)25-14-17-5-7-18(8-6-17)22(28)26-11-3-4-12-26/h5-10,13,24H,3-4,11-12,14-15H2,1-2H3,(H,25,27). The Labute approximate surface area is 176 Å². The Balaban J connectivity index is 1.46. The number of rotatable bonds is 7. The van der Waals surface area contributed by atoms with Crippen LogP contribution in [0.3, 0.4) is 0 Å². The number of aryl methyl sites for hydroxylation is 1. The maximum Gasteiger partial charge on any atom is 0.337 e. The Morgan fingerprint density at radius 1 is 1.00 bits per heavy atom. The van der Waals surface area contributed by atoms with Crippen LogP contribution in [-0.4, -0.2) is 49.4 Å². The van der Waals surface area contributed by atoms with Crippen molar-refractivity contribution in [1.82, 2.24) is 10.2 Å². The molecule has 0 spiro atoms. The molecule has 0 bridgehead atoms. The molecule has 0 atom stereocenters. The molecular weight excluding hydrogens is 382 g/mol. The number of anilines is 1. The van der Waals surface area contributed by atoms with Crippen molar-refractivity contribution in [3.8, 4) is 0 Å². The third-order valence-electron chi connectivity index (χ3n) is 5.17.